The largest absolute Gasteiger partial charge is 0.303 e. The molecule has 2 fully saturated rings. The highest BCUT2D eigenvalue weighted by atomic mass is 15.1. The van der Waals surface area contributed by atoms with Crippen molar-refractivity contribution in [2.75, 3.05) is 19.6 Å². The number of nitrogens with zero attached hydrogens (tertiary/aromatic N) is 1. The molecule has 2 atom stereocenters. The first-order valence-electron chi connectivity index (χ1n) is 6.56. The van der Waals surface area contributed by atoms with Crippen molar-refractivity contribution in [1.82, 2.24) is 4.90 Å². The summed E-state index contributed by atoms with van der Waals surface area (Å²) in [7, 11) is 0. The highest BCUT2D eigenvalue weighted by Crippen LogP contribution is 2.35. The van der Waals surface area contributed by atoms with Gasteiger partial charge in [0.15, 0.2) is 0 Å². The SMILES string of the molecule is C#CCCCN1CCC2CCCCC2C1. The van der Waals surface area contributed by atoms with Crippen LogP contribution in [0.15, 0.2) is 0 Å². The van der Waals surface area contributed by atoms with Crippen molar-refractivity contribution in [3.8, 4) is 12.3 Å². The van der Waals surface area contributed by atoms with E-state index in [0.717, 1.165) is 18.3 Å². The highest BCUT2D eigenvalue weighted by molar-refractivity contribution is 4.86. The predicted octanol–water partition coefficient (Wildman–Crippen LogP) is 2.91. The summed E-state index contributed by atoms with van der Waals surface area (Å²) in [5.74, 6) is 4.81. The summed E-state index contributed by atoms with van der Waals surface area (Å²) in [6, 6.07) is 0. The monoisotopic (exact) mass is 205 g/mol. The Morgan fingerprint density at radius 2 is 1.93 bits per heavy atom. The molecule has 1 saturated carbocycles. The van der Waals surface area contributed by atoms with E-state index in [1.54, 1.807) is 0 Å². The van der Waals surface area contributed by atoms with E-state index in [1.807, 2.05) is 0 Å². The van der Waals surface area contributed by atoms with E-state index in [4.69, 9.17) is 6.42 Å². The maximum Gasteiger partial charge on any atom is 0.00982 e. The number of fused-ring (bicyclic) bond motifs is 1. The first-order chi connectivity index (χ1) is 7.40. The van der Waals surface area contributed by atoms with E-state index in [0.29, 0.717) is 0 Å². The predicted molar refractivity (Wildman–Crippen MR) is 64.6 cm³/mol. The molecular formula is C14H23N. The molecule has 0 amide bonds. The van der Waals surface area contributed by atoms with Crippen molar-refractivity contribution in [1.29, 1.82) is 0 Å². The fourth-order valence-corrected chi connectivity index (χ4v) is 3.28. The first kappa shape index (κ1) is 11.0. The summed E-state index contributed by atoms with van der Waals surface area (Å²) in [5.41, 5.74) is 0. The van der Waals surface area contributed by atoms with Crippen LogP contribution in [0.2, 0.25) is 0 Å². The second kappa shape index (κ2) is 5.56. The van der Waals surface area contributed by atoms with Crippen LogP contribution in [0.25, 0.3) is 0 Å². The quantitative estimate of drug-likeness (QED) is 0.506. The van der Waals surface area contributed by atoms with Gasteiger partial charge in [0.25, 0.3) is 0 Å². The molecule has 2 rings (SSSR count). The Kier molecular flexibility index (Phi) is 4.09. The van der Waals surface area contributed by atoms with Crippen molar-refractivity contribution in [2.45, 2.75) is 44.9 Å². The van der Waals surface area contributed by atoms with Crippen molar-refractivity contribution >= 4 is 0 Å². The number of terminal acetylenes is 1. The molecule has 0 aromatic carbocycles. The van der Waals surface area contributed by atoms with Gasteiger partial charge in [0.05, 0.1) is 0 Å². The molecule has 84 valence electrons. The average molecular weight is 205 g/mol. The lowest BCUT2D eigenvalue weighted by molar-refractivity contribution is 0.0864. The van der Waals surface area contributed by atoms with Crippen LogP contribution in [0.5, 0.6) is 0 Å². The van der Waals surface area contributed by atoms with Gasteiger partial charge in [-0.05, 0) is 44.2 Å². The summed E-state index contributed by atoms with van der Waals surface area (Å²) in [5, 5.41) is 0. The number of unbranched alkanes of at least 4 members (excludes halogenated alkanes) is 1. The van der Waals surface area contributed by atoms with Crippen molar-refractivity contribution in [3.63, 3.8) is 0 Å². The van der Waals surface area contributed by atoms with Gasteiger partial charge in [-0.15, -0.1) is 12.3 Å². The molecule has 1 aliphatic carbocycles. The number of rotatable bonds is 3. The molecule has 1 aliphatic heterocycles. The number of hydrogen-bond acceptors (Lipinski definition) is 1. The summed E-state index contributed by atoms with van der Waals surface area (Å²) in [6.45, 7) is 3.91. The van der Waals surface area contributed by atoms with Crippen LogP contribution in [0, 0.1) is 24.2 Å². The van der Waals surface area contributed by atoms with Crippen LogP contribution >= 0.6 is 0 Å². The van der Waals surface area contributed by atoms with Gasteiger partial charge in [-0.1, -0.05) is 19.3 Å². The van der Waals surface area contributed by atoms with Crippen molar-refractivity contribution in [2.24, 2.45) is 11.8 Å². The van der Waals surface area contributed by atoms with Crippen LogP contribution < -0.4 is 0 Å². The smallest absolute Gasteiger partial charge is 0.00982 e. The topological polar surface area (TPSA) is 3.24 Å². The molecule has 0 aromatic rings. The molecule has 0 radical (unpaired) electrons. The van der Waals surface area contributed by atoms with Crippen LogP contribution in [0.3, 0.4) is 0 Å². The third-order valence-electron chi connectivity index (χ3n) is 4.17. The molecule has 1 nitrogen and oxygen atoms in total. The van der Waals surface area contributed by atoms with Gasteiger partial charge in [-0.2, -0.15) is 0 Å². The second-order valence-corrected chi connectivity index (χ2v) is 5.20. The van der Waals surface area contributed by atoms with E-state index >= 15 is 0 Å². The van der Waals surface area contributed by atoms with Crippen LogP contribution in [-0.4, -0.2) is 24.5 Å². The zero-order valence-electron chi connectivity index (χ0n) is 9.75. The van der Waals surface area contributed by atoms with Gasteiger partial charge >= 0.3 is 0 Å². The van der Waals surface area contributed by atoms with Crippen molar-refractivity contribution < 1.29 is 0 Å². The first-order valence-corrected chi connectivity index (χ1v) is 6.56. The Hall–Kier alpha value is -0.480. The van der Waals surface area contributed by atoms with E-state index < -0.39 is 0 Å². The highest BCUT2D eigenvalue weighted by Gasteiger charge is 2.30. The number of piperidine rings is 1. The minimum absolute atomic E-state index is 0.949. The molecule has 1 saturated heterocycles. The Bertz CT molecular complexity index is 228. The molecule has 1 heterocycles. The van der Waals surface area contributed by atoms with Crippen molar-refractivity contribution in [3.05, 3.63) is 0 Å². The second-order valence-electron chi connectivity index (χ2n) is 5.20. The molecule has 15 heavy (non-hydrogen) atoms. The lowest BCUT2D eigenvalue weighted by Crippen LogP contribution is -2.42. The molecule has 0 N–H and O–H groups in total. The van der Waals surface area contributed by atoms with E-state index in [9.17, 15) is 0 Å². The third-order valence-corrected chi connectivity index (χ3v) is 4.17. The van der Waals surface area contributed by atoms with Gasteiger partial charge in [-0.3, -0.25) is 0 Å². The fraction of sp³-hybridized carbons (Fsp3) is 0.857. The van der Waals surface area contributed by atoms with Gasteiger partial charge in [0.2, 0.25) is 0 Å². The van der Waals surface area contributed by atoms with E-state index in [2.05, 4.69) is 10.8 Å². The molecule has 1 heteroatoms. The third kappa shape index (κ3) is 2.98. The standard InChI is InChI=1S/C14H23N/c1-2-3-6-10-15-11-9-13-7-4-5-8-14(13)12-15/h1,13-14H,3-12H2. The van der Waals surface area contributed by atoms with Gasteiger partial charge < -0.3 is 4.90 Å². The van der Waals surface area contributed by atoms with Crippen LogP contribution in [0.4, 0.5) is 0 Å². The van der Waals surface area contributed by atoms with Gasteiger partial charge in [0, 0.05) is 13.0 Å². The number of likely N-dealkylation sites (tertiary alicyclic amines) is 1. The summed E-state index contributed by atoms with van der Waals surface area (Å²) >= 11 is 0. The average Bonchev–Trinajstić information content (AvgIpc) is 2.29. The molecular weight excluding hydrogens is 182 g/mol. The lowest BCUT2D eigenvalue weighted by atomic mass is 9.75. The minimum atomic E-state index is 0.949. The summed E-state index contributed by atoms with van der Waals surface area (Å²) in [4.78, 5) is 2.64. The lowest BCUT2D eigenvalue weighted by Gasteiger charge is -2.41. The molecule has 2 aliphatic rings. The summed E-state index contributed by atoms with van der Waals surface area (Å²) < 4.78 is 0. The Balaban J connectivity index is 1.73. The maximum atomic E-state index is 5.28. The maximum absolute atomic E-state index is 5.28. The molecule has 0 spiro atoms. The zero-order chi connectivity index (χ0) is 10.5. The van der Waals surface area contributed by atoms with Gasteiger partial charge in [-0.25, -0.2) is 0 Å². The van der Waals surface area contributed by atoms with Gasteiger partial charge in [0.1, 0.15) is 0 Å². The van der Waals surface area contributed by atoms with E-state index in [-0.39, 0.29) is 0 Å². The molecule has 2 unspecified atom stereocenters. The van der Waals surface area contributed by atoms with Crippen LogP contribution in [-0.2, 0) is 0 Å². The normalized spacial score (nSPS) is 31.9. The molecule has 0 aromatic heterocycles. The van der Waals surface area contributed by atoms with E-state index in [1.165, 1.54) is 58.2 Å². The fourth-order valence-electron chi connectivity index (χ4n) is 3.28. The van der Waals surface area contributed by atoms with Crippen LogP contribution in [0.1, 0.15) is 44.9 Å². The molecule has 0 bridgehead atoms. The minimum Gasteiger partial charge on any atom is -0.303 e. The number of hydrogen-bond donors (Lipinski definition) is 0. The Morgan fingerprint density at radius 1 is 1.13 bits per heavy atom. The zero-order valence-corrected chi connectivity index (χ0v) is 9.75. The Labute approximate surface area is 94.2 Å². The Morgan fingerprint density at radius 3 is 2.73 bits per heavy atom. The summed E-state index contributed by atoms with van der Waals surface area (Å²) in [6.07, 6.45) is 14.8.